The summed E-state index contributed by atoms with van der Waals surface area (Å²) in [6, 6.07) is 9.94. The van der Waals surface area contributed by atoms with Crippen LogP contribution in [-0.4, -0.2) is 60.0 Å². The molecule has 4 rings (SSSR count). The molecule has 2 saturated heterocycles. The number of rotatable bonds is 3. The van der Waals surface area contributed by atoms with Crippen molar-refractivity contribution in [1.29, 1.82) is 0 Å². The highest BCUT2D eigenvalue weighted by Crippen LogP contribution is 2.19. The van der Waals surface area contributed by atoms with Gasteiger partial charge in [0, 0.05) is 51.7 Å². The van der Waals surface area contributed by atoms with Crippen LogP contribution in [0.5, 0.6) is 0 Å². The van der Waals surface area contributed by atoms with Crippen LogP contribution in [0.1, 0.15) is 36.0 Å². The minimum atomic E-state index is 0.121. The number of carbonyl (C=O) groups excluding carboxylic acids is 1. The molecule has 0 N–H and O–H groups in total. The fraction of sp³-hybridized carbons (Fsp3) is 0.476. The minimum Gasteiger partial charge on any atom is -0.353 e. The third-order valence-electron chi connectivity index (χ3n) is 5.47. The second-order valence-electron chi connectivity index (χ2n) is 7.27. The summed E-state index contributed by atoms with van der Waals surface area (Å²) < 4.78 is 0. The molecule has 0 aromatic carbocycles. The SMILES string of the molecule is O=C(c1ccc(N2CCN(c3ccccn3)CC2)nc1)N1CCCCCC1. The first-order chi connectivity index (χ1) is 13.3. The molecule has 0 saturated carbocycles. The van der Waals surface area contributed by atoms with Gasteiger partial charge in [0.1, 0.15) is 11.6 Å². The first-order valence-electron chi connectivity index (χ1n) is 9.97. The maximum absolute atomic E-state index is 12.7. The van der Waals surface area contributed by atoms with Crippen molar-refractivity contribution in [3.63, 3.8) is 0 Å². The molecule has 0 unspecified atom stereocenters. The Kier molecular flexibility index (Phi) is 5.51. The van der Waals surface area contributed by atoms with E-state index in [1.807, 2.05) is 35.4 Å². The van der Waals surface area contributed by atoms with Crippen molar-refractivity contribution in [3.05, 3.63) is 48.3 Å². The van der Waals surface area contributed by atoms with E-state index in [2.05, 4.69) is 25.8 Å². The Morgan fingerprint density at radius 2 is 1.41 bits per heavy atom. The Hall–Kier alpha value is -2.63. The van der Waals surface area contributed by atoms with Crippen molar-refractivity contribution < 1.29 is 4.79 Å². The van der Waals surface area contributed by atoms with Gasteiger partial charge < -0.3 is 14.7 Å². The van der Waals surface area contributed by atoms with Crippen molar-refractivity contribution in [1.82, 2.24) is 14.9 Å². The topological polar surface area (TPSA) is 52.6 Å². The number of hydrogen-bond acceptors (Lipinski definition) is 5. The lowest BCUT2D eigenvalue weighted by Crippen LogP contribution is -2.47. The number of nitrogens with zero attached hydrogens (tertiary/aromatic N) is 5. The summed E-state index contributed by atoms with van der Waals surface area (Å²) in [6.45, 7) is 5.40. The van der Waals surface area contributed by atoms with Crippen LogP contribution in [0.15, 0.2) is 42.7 Å². The number of amides is 1. The first-order valence-corrected chi connectivity index (χ1v) is 9.97. The average Bonchev–Trinajstić information content (AvgIpc) is 3.04. The first kappa shape index (κ1) is 17.8. The van der Waals surface area contributed by atoms with Gasteiger partial charge in [-0.05, 0) is 37.1 Å². The molecule has 2 aromatic heterocycles. The highest BCUT2D eigenvalue weighted by molar-refractivity contribution is 5.94. The van der Waals surface area contributed by atoms with E-state index in [1.165, 1.54) is 12.8 Å². The molecule has 6 nitrogen and oxygen atoms in total. The van der Waals surface area contributed by atoms with Gasteiger partial charge in [-0.25, -0.2) is 9.97 Å². The van der Waals surface area contributed by atoms with E-state index in [9.17, 15) is 4.79 Å². The van der Waals surface area contributed by atoms with E-state index in [4.69, 9.17) is 0 Å². The predicted octanol–water partition coefficient (Wildman–Crippen LogP) is 2.82. The maximum Gasteiger partial charge on any atom is 0.255 e. The van der Waals surface area contributed by atoms with Gasteiger partial charge in [-0.15, -0.1) is 0 Å². The van der Waals surface area contributed by atoms with E-state index in [0.717, 1.165) is 63.7 Å². The highest BCUT2D eigenvalue weighted by atomic mass is 16.2. The van der Waals surface area contributed by atoms with Crippen LogP contribution < -0.4 is 9.80 Å². The molecule has 0 atom stereocenters. The van der Waals surface area contributed by atoms with Crippen LogP contribution >= 0.6 is 0 Å². The summed E-state index contributed by atoms with van der Waals surface area (Å²) in [7, 11) is 0. The summed E-state index contributed by atoms with van der Waals surface area (Å²) in [5.41, 5.74) is 0.702. The lowest BCUT2D eigenvalue weighted by Gasteiger charge is -2.36. The Labute approximate surface area is 160 Å². The predicted molar refractivity (Wildman–Crippen MR) is 107 cm³/mol. The van der Waals surface area contributed by atoms with Crippen molar-refractivity contribution >= 4 is 17.5 Å². The van der Waals surface area contributed by atoms with Crippen LogP contribution in [-0.2, 0) is 0 Å². The molecule has 2 fully saturated rings. The van der Waals surface area contributed by atoms with E-state index < -0.39 is 0 Å². The Morgan fingerprint density at radius 1 is 0.741 bits per heavy atom. The molecular formula is C21H27N5O. The zero-order chi connectivity index (χ0) is 18.5. The minimum absolute atomic E-state index is 0.121. The average molecular weight is 365 g/mol. The summed E-state index contributed by atoms with van der Waals surface area (Å²) in [6.07, 6.45) is 8.25. The fourth-order valence-corrected chi connectivity index (χ4v) is 3.86. The standard InChI is InChI=1S/C21H27N5O/c27-21(26-11-5-1-2-6-12-26)18-8-9-20(23-17-18)25-15-13-24(14-16-25)19-7-3-4-10-22-19/h3-4,7-10,17H,1-2,5-6,11-16H2. The zero-order valence-corrected chi connectivity index (χ0v) is 15.8. The quantitative estimate of drug-likeness (QED) is 0.837. The van der Waals surface area contributed by atoms with E-state index in [-0.39, 0.29) is 5.91 Å². The third-order valence-corrected chi connectivity index (χ3v) is 5.47. The Balaban J connectivity index is 1.36. The molecule has 142 valence electrons. The van der Waals surface area contributed by atoms with Gasteiger partial charge in [0.25, 0.3) is 5.91 Å². The zero-order valence-electron chi connectivity index (χ0n) is 15.8. The number of hydrogen-bond donors (Lipinski definition) is 0. The number of carbonyl (C=O) groups is 1. The summed E-state index contributed by atoms with van der Waals surface area (Å²) in [4.78, 5) is 28.3. The number of pyridine rings is 2. The molecule has 4 heterocycles. The lowest BCUT2D eigenvalue weighted by atomic mass is 10.2. The molecule has 2 aromatic rings. The normalized spacial score (nSPS) is 18.3. The molecule has 0 aliphatic carbocycles. The van der Waals surface area contributed by atoms with Gasteiger partial charge in [0.05, 0.1) is 5.56 Å². The number of likely N-dealkylation sites (tertiary alicyclic amines) is 1. The van der Waals surface area contributed by atoms with Gasteiger partial charge in [0.2, 0.25) is 0 Å². The third kappa shape index (κ3) is 4.21. The largest absolute Gasteiger partial charge is 0.353 e. The number of aromatic nitrogens is 2. The van der Waals surface area contributed by atoms with E-state index in [0.29, 0.717) is 5.56 Å². The van der Waals surface area contributed by atoms with Crippen LogP contribution in [0.25, 0.3) is 0 Å². The van der Waals surface area contributed by atoms with Crippen LogP contribution in [0.2, 0.25) is 0 Å². The van der Waals surface area contributed by atoms with Gasteiger partial charge in [-0.3, -0.25) is 4.79 Å². The highest BCUT2D eigenvalue weighted by Gasteiger charge is 2.21. The monoisotopic (exact) mass is 365 g/mol. The molecule has 6 heteroatoms. The molecule has 1 amide bonds. The summed E-state index contributed by atoms with van der Waals surface area (Å²) in [5, 5.41) is 0. The smallest absolute Gasteiger partial charge is 0.255 e. The fourth-order valence-electron chi connectivity index (χ4n) is 3.86. The molecule has 2 aliphatic heterocycles. The van der Waals surface area contributed by atoms with Crippen molar-refractivity contribution in [2.75, 3.05) is 49.1 Å². The molecular weight excluding hydrogens is 338 g/mol. The molecule has 0 radical (unpaired) electrons. The Bertz CT molecular complexity index is 733. The van der Waals surface area contributed by atoms with Gasteiger partial charge in [-0.1, -0.05) is 18.9 Å². The van der Waals surface area contributed by atoms with Crippen molar-refractivity contribution in [3.8, 4) is 0 Å². The van der Waals surface area contributed by atoms with Gasteiger partial charge in [-0.2, -0.15) is 0 Å². The molecule has 2 aliphatic rings. The molecule has 0 bridgehead atoms. The Morgan fingerprint density at radius 3 is 1.96 bits per heavy atom. The van der Waals surface area contributed by atoms with Crippen molar-refractivity contribution in [2.24, 2.45) is 0 Å². The summed E-state index contributed by atoms with van der Waals surface area (Å²) in [5.74, 6) is 2.10. The molecule has 27 heavy (non-hydrogen) atoms. The number of anilines is 2. The number of piperazine rings is 1. The second-order valence-corrected chi connectivity index (χ2v) is 7.27. The lowest BCUT2D eigenvalue weighted by molar-refractivity contribution is 0.0761. The van der Waals surface area contributed by atoms with Gasteiger partial charge in [0.15, 0.2) is 0 Å². The van der Waals surface area contributed by atoms with E-state index >= 15 is 0 Å². The van der Waals surface area contributed by atoms with Crippen molar-refractivity contribution in [2.45, 2.75) is 25.7 Å². The van der Waals surface area contributed by atoms with Crippen LogP contribution in [0.4, 0.5) is 11.6 Å². The summed E-state index contributed by atoms with van der Waals surface area (Å²) >= 11 is 0. The maximum atomic E-state index is 12.7. The molecule has 0 spiro atoms. The van der Waals surface area contributed by atoms with Crippen LogP contribution in [0, 0.1) is 0 Å². The van der Waals surface area contributed by atoms with Crippen LogP contribution in [0.3, 0.4) is 0 Å². The van der Waals surface area contributed by atoms with Gasteiger partial charge >= 0.3 is 0 Å². The van der Waals surface area contributed by atoms with E-state index in [1.54, 1.807) is 6.20 Å². The second kappa shape index (κ2) is 8.37.